The van der Waals surface area contributed by atoms with Gasteiger partial charge in [-0.05, 0) is 31.7 Å². The predicted octanol–water partition coefficient (Wildman–Crippen LogP) is 3.95. The molecule has 0 radical (unpaired) electrons. The van der Waals surface area contributed by atoms with E-state index in [9.17, 15) is 4.79 Å². The van der Waals surface area contributed by atoms with Crippen molar-refractivity contribution >= 4 is 5.78 Å². The third-order valence-electron chi connectivity index (χ3n) is 3.08. The molecule has 0 aliphatic heterocycles. The second kappa shape index (κ2) is 5.87. The number of nitrogens with one attached hydrogen (secondary N) is 1. The van der Waals surface area contributed by atoms with Crippen molar-refractivity contribution in [3.63, 3.8) is 0 Å². The van der Waals surface area contributed by atoms with Gasteiger partial charge in [-0.2, -0.15) is 0 Å². The molecular weight excluding hydrogens is 234 g/mol. The fraction of sp³-hybridized carbons (Fsp3) is 0.588. The summed E-state index contributed by atoms with van der Waals surface area (Å²) in [4.78, 5) is 12.1. The number of benzene rings is 1. The van der Waals surface area contributed by atoms with Gasteiger partial charge in [-0.1, -0.05) is 45.0 Å². The lowest BCUT2D eigenvalue weighted by atomic mass is 9.86. The summed E-state index contributed by atoms with van der Waals surface area (Å²) < 4.78 is 0. The van der Waals surface area contributed by atoms with Gasteiger partial charge in [0.1, 0.15) is 0 Å². The van der Waals surface area contributed by atoms with Gasteiger partial charge in [0.25, 0.3) is 0 Å². The van der Waals surface area contributed by atoms with Crippen LogP contribution in [0.3, 0.4) is 0 Å². The Bertz CT molecular complexity index is 418. The van der Waals surface area contributed by atoms with Crippen LogP contribution in [0.1, 0.15) is 63.9 Å². The molecule has 0 atom stereocenters. The standard InChI is InChI=1S/C17H27NO/c1-16(2,3)14-9-7-13(8-10-14)15(19)11-12-18-17(4,5)6/h7-10,18H,11-12H2,1-6H3. The van der Waals surface area contributed by atoms with Crippen LogP contribution in [0.25, 0.3) is 0 Å². The van der Waals surface area contributed by atoms with Crippen molar-refractivity contribution in [1.82, 2.24) is 5.32 Å². The van der Waals surface area contributed by atoms with Gasteiger partial charge in [-0.15, -0.1) is 0 Å². The van der Waals surface area contributed by atoms with Crippen molar-refractivity contribution in [2.75, 3.05) is 6.54 Å². The van der Waals surface area contributed by atoms with Crippen molar-refractivity contribution in [2.45, 2.75) is 58.9 Å². The third kappa shape index (κ3) is 5.56. The second-order valence-electron chi connectivity index (χ2n) is 7.18. The SMILES string of the molecule is CC(C)(C)NCCC(=O)c1ccc(C(C)(C)C)cc1. The predicted molar refractivity (Wildman–Crippen MR) is 81.8 cm³/mol. The van der Waals surface area contributed by atoms with Crippen LogP contribution in [0.4, 0.5) is 0 Å². The minimum Gasteiger partial charge on any atom is -0.312 e. The summed E-state index contributed by atoms with van der Waals surface area (Å²) in [5.74, 6) is 0.206. The first-order chi connectivity index (χ1) is 8.59. The minimum absolute atomic E-state index is 0.0658. The molecule has 0 spiro atoms. The summed E-state index contributed by atoms with van der Waals surface area (Å²) in [6.45, 7) is 13.6. The quantitative estimate of drug-likeness (QED) is 0.832. The molecule has 0 bridgehead atoms. The number of hydrogen-bond donors (Lipinski definition) is 1. The molecule has 1 N–H and O–H groups in total. The van der Waals surface area contributed by atoms with Crippen LogP contribution in [0.5, 0.6) is 0 Å². The second-order valence-corrected chi connectivity index (χ2v) is 7.18. The molecule has 1 rings (SSSR count). The van der Waals surface area contributed by atoms with Gasteiger partial charge in [0.05, 0.1) is 0 Å². The maximum Gasteiger partial charge on any atom is 0.164 e. The summed E-state index contributed by atoms with van der Waals surface area (Å²) in [6.07, 6.45) is 0.548. The zero-order chi connectivity index (χ0) is 14.7. The first kappa shape index (κ1) is 15.9. The van der Waals surface area contributed by atoms with E-state index in [2.05, 4.69) is 59.0 Å². The van der Waals surface area contributed by atoms with Gasteiger partial charge in [0.15, 0.2) is 5.78 Å². The third-order valence-corrected chi connectivity index (χ3v) is 3.08. The number of Topliss-reactive ketones (excluding diaryl/α,β-unsaturated/α-hetero) is 1. The topological polar surface area (TPSA) is 29.1 Å². The summed E-state index contributed by atoms with van der Waals surface area (Å²) in [5, 5.41) is 3.34. The fourth-order valence-corrected chi connectivity index (χ4v) is 1.85. The number of carbonyl (C=O) groups is 1. The summed E-state index contributed by atoms with van der Waals surface area (Å²) in [7, 11) is 0. The van der Waals surface area contributed by atoms with E-state index in [0.717, 1.165) is 12.1 Å². The Balaban J connectivity index is 2.59. The average Bonchev–Trinajstić information content (AvgIpc) is 2.26. The zero-order valence-electron chi connectivity index (χ0n) is 13.1. The maximum atomic E-state index is 12.1. The van der Waals surface area contributed by atoms with Crippen LogP contribution in [0.2, 0.25) is 0 Å². The van der Waals surface area contributed by atoms with Crippen LogP contribution >= 0.6 is 0 Å². The van der Waals surface area contributed by atoms with Crippen molar-refractivity contribution in [2.24, 2.45) is 0 Å². The van der Waals surface area contributed by atoms with Crippen molar-refractivity contribution in [1.29, 1.82) is 0 Å². The fourth-order valence-electron chi connectivity index (χ4n) is 1.85. The normalized spacial score (nSPS) is 12.5. The van der Waals surface area contributed by atoms with Gasteiger partial charge in [0.2, 0.25) is 0 Å². The largest absolute Gasteiger partial charge is 0.312 e. The number of ketones is 1. The number of hydrogen-bond acceptors (Lipinski definition) is 2. The number of carbonyl (C=O) groups excluding carboxylic acids is 1. The summed E-state index contributed by atoms with van der Waals surface area (Å²) in [6, 6.07) is 8.01. The van der Waals surface area contributed by atoms with Gasteiger partial charge < -0.3 is 5.32 Å². The van der Waals surface area contributed by atoms with Gasteiger partial charge in [-0.25, -0.2) is 0 Å². The van der Waals surface area contributed by atoms with Crippen molar-refractivity contribution < 1.29 is 4.79 Å². The highest BCUT2D eigenvalue weighted by atomic mass is 16.1. The molecule has 106 valence electrons. The van der Waals surface area contributed by atoms with E-state index in [0.29, 0.717) is 6.42 Å². The maximum absolute atomic E-state index is 12.1. The summed E-state index contributed by atoms with van der Waals surface area (Å²) in [5.41, 5.74) is 2.27. The molecule has 0 amide bonds. The Morgan fingerprint density at radius 1 is 1.00 bits per heavy atom. The zero-order valence-corrected chi connectivity index (χ0v) is 13.1. The minimum atomic E-state index is 0.0658. The molecular formula is C17H27NO. The van der Waals surface area contributed by atoms with Crippen LogP contribution in [0.15, 0.2) is 24.3 Å². The van der Waals surface area contributed by atoms with Gasteiger partial charge in [-0.3, -0.25) is 4.79 Å². The molecule has 0 unspecified atom stereocenters. The molecule has 0 fully saturated rings. The molecule has 2 heteroatoms. The van der Waals surface area contributed by atoms with Crippen LogP contribution in [0, 0.1) is 0 Å². The molecule has 0 saturated carbocycles. The van der Waals surface area contributed by atoms with E-state index in [1.807, 2.05) is 12.1 Å². The highest BCUT2D eigenvalue weighted by Gasteiger charge is 2.14. The van der Waals surface area contributed by atoms with Crippen molar-refractivity contribution in [3.05, 3.63) is 35.4 Å². The lowest BCUT2D eigenvalue weighted by Gasteiger charge is -2.20. The Morgan fingerprint density at radius 3 is 1.95 bits per heavy atom. The smallest absolute Gasteiger partial charge is 0.164 e. The van der Waals surface area contributed by atoms with Gasteiger partial charge in [0, 0.05) is 24.1 Å². The summed E-state index contributed by atoms with van der Waals surface area (Å²) >= 11 is 0. The van der Waals surface area contributed by atoms with Crippen LogP contribution in [-0.2, 0) is 5.41 Å². The highest BCUT2D eigenvalue weighted by Crippen LogP contribution is 2.22. The Kier molecular flexibility index (Phi) is 4.92. The molecule has 19 heavy (non-hydrogen) atoms. The molecule has 0 saturated heterocycles. The first-order valence-corrected chi connectivity index (χ1v) is 6.98. The monoisotopic (exact) mass is 261 g/mol. The van der Waals surface area contributed by atoms with E-state index in [4.69, 9.17) is 0 Å². The van der Waals surface area contributed by atoms with Crippen LogP contribution < -0.4 is 5.32 Å². The molecule has 0 aliphatic carbocycles. The molecule has 0 aromatic heterocycles. The Labute approximate surface area is 117 Å². The molecule has 2 nitrogen and oxygen atoms in total. The average molecular weight is 261 g/mol. The van der Waals surface area contributed by atoms with E-state index in [-0.39, 0.29) is 16.7 Å². The molecule has 0 heterocycles. The molecule has 0 aliphatic rings. The van der Waals surface area contributed by atoms with E-state index >= 15 is 0 Å². The number of rotatable bonds is 4. The van der Waals surface area contributed by atoms with E-state index in [1.165, 1.54) is 5.56 Å². The molecule has 1 aromatic carbocycles. The van der Waals surface area contributed by atoms with Gasteiger partial charge >= 0.3 is 0 Å². The van der Waals surface area contributed by atoms with Crippen molar-refractivity contribution in [3.8, 4) is 0 Å². The van der Waals surface area contributed by atoms with E-state index < -0.39 is 0 Å². The van der Waals surface area contributed by atoms with Crippen LogP contribution in [-0.4, -0.2) is 17.9 Å². The lowest BCUT2D eigenvalue weighted by Crippen LogP contribution is -2.37. The Morgan fingerprint density at radius 2 is 1.53 bits per heavy atom. The lowest BCUT2D eigenvalue weighted by molar-refractivity contribution is 0.0980. The Hall–Kier alpha value is -1.15. The molecule has 1 aromatic rings. The highest BCUT2D eigenvalue weighted by molar-refractivity contribution is 5.96. The van der Waals surface area contributed by atoms with E-state index in [1.54, 1.807) is 0 Å². The first-order valence-electron chi connectivity index (χ1n) is 6.98.